The van der Waals surface area contributed by atoms with Crippen molar-refractivity contribution >= 4 is 12.1 Å². The summed E-state index contributed by atoms with van der Waals surface area (Å²) in [5.74, 6) is 0.681. The SMILES string of the molecule is CCC(=O)C1CCC(C=O)C1. The fourth-order valence-electron chi connectivity index (χ4n) is 1.72. The van der Waals surface area contributed by atoms with Crippen LogP contribution in [0.4, 0.5) is 0 Å². The molecule has 0 aromatic heterocycles. The van der Waals surface area contributed by atoms with E-state index in [2.05, 4.69) is 0 Å². The minimum absolute atomic E-state index is 0.162. The topological polar surface area (TPSA) is 34.1 Å². The Morgan fingerprint density at radius 2 is 2.27 bits per heavy atom. The lowest BCUT2D eigenvalue weighted by molar-refractivity contribution is -0.122. The van der Waals surface area contributed by atoms with Gasteiger partial charge in [0, 0.05) is 18.3 Å². The van der Waals surface area contributed by atoms with Gasteiger partial charge >= 0.3 is 0 Å². The van der Waals surface area contributed by atoms with Gasteiger partial charge in [-0.3, -0.25) is 4.79 Å². The summed E-state index contributed by atoms with van der Waals surface area (Å²) in [7, 11) is 0. The Kier molecular flexibility index (Phi) is 2.80. The maximum Gasteiger partial charge on any atom is 0.135 e. The molecule has 1 saturated carbocycles. The number of ketones is 1. The lowest BCUT2D eigenvalue weighted by atomic mass is 9.99. The van der Waals surface area contributed by atoms with Crippen LogP contribution in [0.15, 0.2) is 0 Å². The second kappa shape index (κ2) is 3.65. The first-order chi connectivity index (χ1) is 5.27. The molecule has 0 radical (unpaired) electrons. The van der Waals surface area contributed by atoms with E-state index in [1.165, 1.54) is 0 Å². The van der Waals surface area contributed by atoms with E-state index in [0.717, 1.165) is 25.5 Å². The molecule has 0 saturated heterocycles. The molecule has 2 unspecified atom stereocenters. The third-order valence-corrected chi connectivity index (χ3v) is 2.47. The van der Waals surface area contributed by atoms with Crippen molar-refractivity contribution in [3.8, 4) is 0 Å². The number of carbonyl (C=O) groups excluding carboxylic acids is 2. The molecule has 0 aromatic carbocycles. The smallest absolute Gasteiger partial charge is 0.135 e. The van der Waals surface area contributed by atoms with Crippen molar-refractivity contribution in [2.24, 2.45) is 11.8 Å². The molecule has 0 N–H and O–H groups in total. The number of Topliss-reactive ketones (excluding diaryl/α,β-unsaturated/α-hetero) is 1. The number of carbonyl (C=O) groups is 2. The second-order valence-electron chi connectivity index (χ2n) is 3.23. The monoisotopic (exact) mass is 154 g/mol. The van der Waals surface area contributed by atoms with E-state index >= 15 is 0 Å². The molecule has 0 spiro atoms. The quantitative estimate of drug-likeness (QED) is 0.578. The fourth-order valence-corrected chi connectivity index (χ4v) is 1.72. The molecule has 2 heteroatoms. The van der Waals surface area contributed by atoms with E-state index in [-0.39, 0.29) is 11.8 Å². The summed E-state index contributed by atoms with van der Waals surface area (Å²) in [4.78, 5) is 21.5. The largest absolute Gasteiger partial charge is 0.303 e. The molecular weight excluding hydrogens is 140 g/mol. The molecule has 1 aliphatic carbocycles. The lowest BCUT2D eigenvalue weighted by Gasteiger charge is -2.04. The summed E-state index contributed by atoms with van der Waals surface area (Å²) in [5.41, 5.74) is 0. The maximum atomic E-state index is 11.2. The van der Waals surface area contributed by atoms with Crippen LogP contribution in [0.5, 0.6) is 0 Å². The van der Waals surface area contributed by atoms with Crippen LogP contribution in [-0.2, 0) is 9.59 Å². The fraction of sp³-hybridized carbons (Fsp3) is 0.778. The Hall–Kier alpha value is -0.660. The Morgan fingerprint density at radius 3 is 2.73 bits per heavy atom. The molecular formula is C9H14O2. The van der Waals surface area contributed by atoms with Crippen LogP contribution >= 0.6 is 0 Å². The first-order valence-electron chi connectivity index (χ1n) is 4.26. The Labute approximate surface area is 67.0 Å². The first-order valence-corrected chi connectivity index (χ1v) is 4.26. The highest BCUT2D eigenvalue weighted by Gasteiger charge is 2.27. The number of hydrogen-bond donors (Lipinski definition) is 0. The van der Waals surface area contributed by atoms with Crippen molar-refractivity contribution in [3.63, 3.8) is 0 Å². The van der Waals surface area contributed by atoms with Gasteiger partial charge in [-0.15, -0.1) is 0 Å². The molecule has 2 atom stereocenters. The highest BCUT2D eigenvalue weighted by molar-refractivity contribution is 5.81. The number of hydrogen-bond acceptors (Lipinski definition) is 2. The molecule has 0 bridgehead atoms. The molecule has 0 heterocycles. The van der Waals surface area contributed by atoms with Crippen LogP contribution in [0.25, 0.3) is 0 Å². The van der Waals surface area contributed by atoms with Gasteiger partial charge in [0.15, 0.2) is 0 Å². The van der Waals surface area contributed by atoms with Crippen molar-refractivity contribution in [2.75, 3.05) is 0 Å². The second-order valence-corrected chi connectivity index (χ2v) is 3.23. The van der Waals surface area contributed by atoms with Crippen LogP contribution in [0, 0.1) is 11.8 Å². The van der Waals surface area contributed by atoms with Gasteiger partial charge in [0.2, 0.25) is 0 Å². The van der Waals surface area contributed by atoms with Crippen molar-refractivity contribution < 1.29 is 9.59 Å². The average molecular weight is 154 g/mol. The molecule has 1 fully saturated rings. The van der Waals surface area contributed by atoms with Crippen molar-refractivity contribution in [3.05, 3.63) is 0 Å². The number of aldehydes is 1. The zero-order valence-corrected chi connectivity index (χ0v) is 6.88. The molecule has 11 heavy (non-hydrogen) atoms. The zero-order chi connectivity index (χ0) is 8.27. The van der Waals surface area contributed by atoms with Gasteiger partial charge in [-0.05, 0) is 19.3 Å². The van der Waals surface area contributed by atoms with Crippen molar-refractivity contribution in [1.29, 1.82) is 0 Å². The van der Waals surface area contributed by atoms with E-state index in [9.17, 15) is 9.59 Å². The van der Waals surface area contributed by atoms with Gasteiger partial charge in [0.1, 0.15) is 12.1 Å². The molecule has 0 amide bonds. The molecule has 2 nitrogen and oxygen atoms in total. The molecule has 62 valence electrons. The predicted molar refractivity (Wildman–Crippen MR) is 42.2 cm³/mol. The zero-order valence-electron chi connectivity index (χ0n) is 6.88. The third kappa shape index (κ3) is 1.88. The van der Waals surface area contributed by atoms with Crippen LogP contribution in [0.2, 0.25) is 0 Å². The summed E-state index contributed by atoms with van der Waals surface area (Å²) >= 11 is 0. The summed E-state index contributed by atoms with van der Waals surface area (Å²) in [6.45, 7) is 1.89. The van der Waals surface area contributed by atoms with Crippen molar-refractivity contribution in [1.82, 2.24) is 0 Å². The lowest BCUT2D eigenvalue weighted by Crippen LogP contribution is -2.09. The Balaban J connectivity index is 2.41. The summed E-state index contributed by atoms with van der Waals surface area (Å²) in [6, 6.07) is 0. The predicted octanol–water partition coefficient (Wildman–Crippen LogP) is 1.58. The Bertz CT molecular complexity index is 163. The first kappa shape index (κ1) is 8.44. The summed E-state index contributed by atoms with van der Waals surface area (Å²) < 4.78 is 0. The minimum Gasteiger partial charge on any atom is -0.303 e. The van der Waals surface area contributed by atoms with E-state index in [1.54, 1.807) is 0 Å². The molecule has 0 aromatic rings. The van der Waals surface area contributed by atoms with Crippen LogP contribution < -0.4 is 0 Å². The number of rotatable bonds is 3. The summed E-state index contributed by atoms with van der Waals surface area (Å²) in [5, 5.41) is 0. The molecule has 0 aliphatic heterocycles. The van der Waals surface area contributed by atoms with E-state index in [0.29, 0.717) is 12.2 Å². The summed E-state index contributed by atoms with van der Waals surface area (Å²) in [6.07, 6.45) is 4.26. The van der Waals surface area contributed by atoms with E-state index < -0.39 is 0 Å². The Morgan fingerprint density at radius 1 is 1.55 bits per heavy atom. The third-order valence-electron chi connectivity index (χ3n) is 2.47. The molecule has 1 aliphatic rings. The van der Waals surface area contributed by atoms with Gasteiger partial charge in [-0.25, -0.2) is 0 Å². The van der Waals surface area contributed by atoms with Gasteiger partial charge in [-0.1, -0.05) is 6.92 Å². The van der Waals surface area contributed by atoms with Crippen LogP contribution in [0.3, 0.4) is 0 Å². The van der Waals surface area contributed by atoms with Crippen LogP contribution in [0.1, 0.15) is 32.6 Å². The maximum absolute atomic E-state index is 11.2. The highest BCUT2D eigenvalue weighted by Crippen LogP contribution is 2.30. The molecule has 1 rings (SSSR count). The van der Waals surface area contributed by atoms with Gasteiger partial charge in [-0.2, -0.15) is 0 Å². The van der Waals surface area contributed by atoms with Gasteiger partial charge < -0.3 is 4.79 Å². The standard InChI is InChI=1S/C9H14O2/c1-2-9(11)8-4-3-7(5-8)6-10/h6-8H,2-5H2,1H3. The normalized spacial score (nSPS) is 30.3. The average Bonchev–Trinajstić information content (AvgIpc) is 2.50. The van der Waals surface area contributed by atoms with Gasteiger partial charge in [0.25, 0.3) is 0 Å². The highest BCUT2D eigenvalue weighted by atomic mass is 16.1. The van der Waals surface area contributed by atoms with Crippen LogP contribution in [-0.4, -0.2) is 12.1 Å². The van der Waals surface area contributed by atoms with E-state index in [4.69, 9.17) is 0 Å². The van der Waals surface area contributed by atoms with E-state index in [1.807, 2.05) is 6.92 Å². The van der Waals surface area contributed by atoms with Crippen molar-refractivity contribution in [2.45, 2.75) is 32.6 Å². The van der Waals surface area contributed by atoms with Gasteiger partial charge in [0.05, 0.1) is 0 Å². The minimum atomic E-state index is 0.162.